The molecule has 5 nitrogen and oxygen atoms in total. The number of esters is 1. The van der Waals surface area contributed by atoms with Crippen molar-refractivity contribution in [1.82, 2.24) is 4.98 Å². The maximum atomic E-state index is 14.0. The van der Waals surface area contributed by atoms with Gasteiger partial charge in [-0.25, -0.2) is 9.78 Å². The van der Waals surface area contributed by atoms with Gasteiger partial charge in [0.25, 0.3) is 0 Å². The van der Waals surface area contributed by atoms with E-state index in [9.17, 15) is 9.59 Å². The molecule has 1 heterocycles. The van der Waals surface area contributed by atoms with Gasteiger partial charge in [-0.1, -0.05) is 55.6 Å². The van der Waals surface area contributed by atoms with Crippen LogP contribution in [0.1, 0.15) is 108 Å². The number of aromatic nitrogens is 1. The summed E-state index contributed by atoms with van der Waals surface area (Å²) in [6, 6.07) is 6.36. The number of ketones is 1. The van der Waals surface area contributed by atoms with Gasteiger partial charge in [-0.3, -0.25) is 4.79 Å². The van der Waals surface area contributed by atoms with E-state index in [1.54, 1.807) is 45.0 Å². The molecule has 1 aromatic carbocycles. The first-order chi connectivity index (χ1) is 20.1. The van der Waals surface area contributed by atoms with E-state index in [1.165, 1.54) is 21.0 Å². The highest BCUT2D eigenvalue weighted by Gasteiger charge is 2.34. The quantitative estimate of drug-likeness (QED) is 0.299. The van der Waals surface area contributed by atoms with Crippen LogP contribution in [0.5, 0.6) is 0 Å². The number of ether oxygens (including phenoxy) is 2. The van der Waals surface area contributed by atoms with E-state index in [-0.39, 0.29) is 28.1 Å². The highest BCUT2D eigenvalue weighted by Crippen LogP contribution is 2.39. The van der Waals surface area contributed by atoms with Crippen LogP contribution in [0.4, 0.5) is 0 Å². The highest BCUT2D eigenvalue weighted by molar-refractivity contribution is 6.30. The van der Waals surface area contributed by atoms with E-state index in [2.05, 4.69) is 4.98 Å². The second-order valence-electron chi connectivity index (χ2n) is 8.80. The van der Waals surface area contributed by atoms with Crippen molar-refractivity contribution in [3.8, 4) is 11.1 Å². The molecule has 0 bridgehead atoms. The molecular weight excluding hydrogens is 450 g/mol. The van der Waals surface area contributed by atoms with Crippen LogP contribution in [0.15, 0.2) is 24.3 Å². The lowest BCUT2D eigenvalue weighted by atomic mass is 9.83. The van der Waals surface area contributed by atoms with Crippen LogP contribution < -0.4 is 0 Å². The number of Topliss-reactive ketones (excluding diaryl/α,β-unsaturated/α-hetero) is 1. The molecule has 184 valence electrons. The third kappa shape index (κ3) is 6.25. The SMILES string of the molecule is [2H]C1([2H])C([2H])([2H])C([2H])([2H])C([2H])(CC(=O)c2nc(C)c([C@H](OC(C)(C)C)C(=O)OC)c(-c3ccc(Cl)cc3)c2C)C([2H])([2H])C1([2H])[2H]. The molecule has 0 unspecified atom stereocenters. The van der Waals surface area contributed by atoms with Crippen molar-refractivity contribution >= 4 is 23.4 Å². The predicted molar refractivity (Wildman–Crippen MR) is 135 cm³/mol. The molecule has 1 aliphatic carbocycles. The van der Waals surface area contributed by atoms with E-state index in [1.807, 2.05) is 0 Å². The predicted octanol–water partition coefficient (Wildman–Crippen LogP) is 7.20. The zero-order valence-corrected chi connectivity index (χ0v) is 20.8. The highest BCUT2D eigenvalue weighted by atomic mass is 35.5. The molecule has 0 saturated heterocycles. The fourth-order valence-corrected chi connectivity index (χ4v) is 3.81. The third-order valence-corrected chi connectivity index (χ3v) is 5.36. The number of carbonyl (C=O) groups excluding carboxylic acids is 2. The minimum Gasteiger partial charge on any atom is -0.467 e. The summed E-state index contributed by atoms with van der Waals surface area (Å²) in [4.78, 5) is 31.4. The Morgan fingerprint density at radius 3 is 2.35 bits per heavy atom. The van der Waals surface area contributed by atoms with Gasteiger partial charge in [0.1, 0.15) is 5.69 Å². The molecule has 1 aromatic heterocycles. The van der Waals surface area contributed by atoms with Crippen LogP contribution in [-0.4, -0.2) is 29.4 Å². The summed E-state index contributed by atoms with van der Waals surface area (Å²) in [5.41, 5.74) is -0.0173. The minimum atomic E-state index is -3.73. The molecule has 34 heavy (non-hydrogen) atoms. The van der Waals surface area contributed by atoms with Crippen LogP contribution in [-0.2, 0) is 14.3 Å². The van der Waals surface area contributed by atoms with E-state index in [4.69, 9.17) is 36.2 Å². The van der Waals surface area contributed by atoms with Crippen molar-refractivity contribution in [3.05, 3.63) is 51.8 Å². The lowest BCUT2D eigenvalue weighted by Crippen LogP contribution is -2.30. The summed E-state index contributed by atoms with van der Waals surface area (Å²) in [5.74, 6) is -5.35. The monoisotopic (exact) mass is 496 g/mol. The van der Waals surface area contributed by atoms with Gasteiger partial charge in [0.05, 0.1) is 12.7 Å². The number of pyridine rings is 1. The van der Waals surface area contributed by atoms with Crippen molar-refractivity contribution in [1.29, 1.82) is 0 Å². The summed E-state index contributed by atoms with van der Waals surface area (Å²) < 4.78 is 103. The first-order valence-corrected chi connectivity index (χ1v) is 11.1. The number of hydrogen-bond donors (Lipinski definition) is 0. The summed E-state index contributed by atoms with van der Waals surface area (Å²) in [5, 5.41) is 0.386. The largest absolute Gasteiger partial charge is 0.467 e. The lowest BCUT2D eigenvalue weighted by molar-refractivity contribution is -0.164. The first kappa shape index (κ1) is 15.0. The number of methoxy groups -OCH3 is 1. The normalized spacial score (nSPS) is 28.9. The van der Waals surface area contributed by atoms with Gasteiger partial charge in [-0.2, -0.15) is 0 Å². The molecule has 3 rings (SSSR count). The minimum absolute atomic E-state index is 0.101. The van der Waals surface area contributed by atoms with Crippen LogP contribution in [0, 0.1) is 19.7 Å². The number of rotatable bonds is 7. The third-order valence-electron chi connectivity index (χ3n) is 5.10. The average Bonchev–Trinajstić information content (AvgIpc) is 2.91. The van der Waals surface area contributed by atoms with E-state index < -0.39 is 67.6 Å². The number of benzene rings is 1. The molecule has 6 heteroatoms. The molecule has 0 N–H and O–H groups in total. The Labute approximate surface area is 223 Å². The molecule has 1 saturated carbocycles. The smallest absolute Gasteiger partial charge is 0.339 e. The average molecular weight is 497 g/mol. The van der Waals surface area contributed by atoms with Crippen molar-refractivity contribution in [2.75, 3.05) is 7.11 Å². The van der Waals surface area contributed by atoms with Gasteiger partial charge >= 0.3 is 5.97 Å². The topological polar surface area (TPSA) is 65.5 Å². The van der Waals surface area contributed by atoms with Gasteiger partial charge in [0, 0.05) is 37.8 Å². The Hall–Kier alpha value is -2.24. The zero-order valence-electron chi connectivity index (χ0n) is 31.1. The number of carbonyl (C=O) groups is 2. The molecule has 1 fully saturated rings. The fourth-order valence-electron chi connectivity index (χ4n) is 3.69. The zero-order chi connectivity index (χ0) is 34.9. The lowest BCUT2D eigenvalue weighted by Gasteiger charge is -2.29. The van der Waals surface area contributed by atoms with Gasteiger partial charge in [-0.15, -0.1) is 0 Å². The van der Waals surface area contributed by atoms with Gasteiger partial charge in [-0.05, 0) is 69.3 Å². The Balaban J connectivity index is 2.34. The summed E-state index contributed by atoms with van der Waals surface area (Å²) >= 11 is 6.11. The van der Waals surface area contributed by atoms with E-state index in [0.717, 1.165) is 0 Å². The van der Waals surface area contributed by atoms with Gasteiger partial charge in [0.2, 0.25) is 0 Å². The van der Waals surface area contributed by atoms with Crippen molar-refractivity contribution in [3.63, 3.8) is 0 Å². The number of aryl methyl sites for hydroxylation is 1. The molecule has 0 spiro atoms. The Bertz CT molecular complexity index is 1480. The number of nitrogens with zero attached hydrogens (tertiary/aromatic N) is 1. The maximum Gasteiger partial charge on any atom is 0.339 e. The fraction of sp³-hybridized carbons (Fsp3) is 0.536. The Morgan fingerprint density at radius 2 is 1.79 bits per heavy atom. The van der Waals surface area contributed by atoms with Crippen LogP contribution in [0.3, 0.4) is 0 Å². The Kier molecular flexibility index (Phi) is 4.85. The van der Waals surface area contributed by atoms with E-state index >= 15 is 0 Å². The molecule has 0 aliphatic heterocycles. The summed E-state index contributed by atoms with van der Waals surface area (Å²) in [7, 11) is 1.18. The molecular formula is C28H36ClNO4. The summed E-state index contributed by atoms with van der Waals surface area (Å²) in [6.45, 7) is 8.11. The second kappa shape index (κ2) is 11.0. The van der Waals surface area contributed by atoms with Gasteiger partial charge < -0.3 is 9.47 Å². The summed E-state index contributed by atoms with van der Waals surface area (Å²) in [6.07, 6.45) is -21.3. The standard InChI is InChI=1S/C28H36ClNO4/c1-17-23(20-12-14-21(29)15-13-20)24(26(27(32)33-6)34-28(3,4)5)18(2)30-25(17)22(31)16-19-10-8-7-9-11-19/h12-15,19,26H,7-11,16H2,1-6H3/t26-/m0/s1/i7D2,8D2,9D2,10D2,11D2,19D. The number of halogens is 1. The van der Waals surface area contributed by atoms with Crippen LogP contribution >= 0.6 is 11.6 Å². The van der Waals surface area contributed by atoms with Crippen LogP contribution in [0.25, 0.3) is 11.1 Å². The number of hydrogen-bond acceptors (Lipinski definition) is 5. The van der Waals surface area contributed by atoms with Crippen LogP contribution in [0.2, 0.25) is 5.02 Å². The molecule has 1 atom stereocenters. The first-order valence-electron chi connectivity index (χ1n) is 16.2. The molecule has 1 aliphatic rings. The maximum absolute atomic E-state index is 14.0. The molecule has 0 amide bonds. The molecule has 2 aromatic rings. The van der Waals surface area contributed by atoms with Gasteiger partial charge in [0.15, 0.2) is 11.9 Å². The van der Waals surface area contributed by atoms with Crippen molar-refractivity contribution in [2.45, 2.75) is 84.6 Å². The van der Waals surface area contributed by atoms with Crippen molar-refractivity contribution in [2.24, 2.45) is 5.89 Å². The molecule has 0 radical (unpaired) electrons. The van der Waals surface area contributed by atoms with E-state index in [0.29, 0.717) is 10.6 Å². The second-order valence-corrected chi connectivity index (χ2v) is 9.24. The Morgan fingerprint density at radius 1 is 1.18 bits per heavy atom. The van der Waals surface area contributed by atoms with Crippen molar-refractivity contribution < 1.29 is 34.1 Å².